The smallest absolute Gasteiger partial charge is 0.231 e. The van der Waals surface area contributed by atoms with Crippen LogP contribution in [0.3, 0.4) is 0 Å². The summed E-state index contributed by atoms with van der Waals surface area (Å²) in [6, 6.07) is 11.1. The number of aromatic nitrogens is 1. The third kappa shape index (κ3) is 4.48. The third-order valence-corrected chi connectivity index (χ3v) is 5.56. The van der Waals surface area contributed by atoms with Gasteiger partial charge in [0.05, 0.1) is 30.1 Å². The van der Waals surface area contributed by atoms with Gasteiger partial charge in [-0.15, -0.1) is 11.3 Å². The monoisotopic (exact) mass is 449 g/mol. The normalized spacial score (nSPS) is 13.6. The van der Waals surface area contributed by atoms with Crippen LogP contribution in [0.5, 0.6) is 11.5 Å². The van der Waals surface area contributed by atoms with Gasteiger partial charge >= 0.3 is 0 Å². The lowest BCUT2D eigenvalue weighted by Gasteiger charge is -2.06. The van der Waals surface area contributed by atoms with Crippen molar-refractivity contribution in [1.82, 2.24) is 4.68 Å². The van der Waals surface area contributed by atoms with Gasteiger partial charge < -0.3 is 14.2 Å². The Labute approximate surface area is 181 Å². The Hall–Kier alpha value is -2.32. The Morgan fingerprint density at radius 3 is 2.86 bits per heavy atom. The molecule has 0 aliphatic carbocycles. The van der Waals surface area contributed by atoms with Gasteiger partial charge in [-0.25, -0.2) is 4.68 Å². The summed E-state index contributed by atoms with van der Waals surface area (Å²) in [6.45, 7) is 1.29. The number of hydrogen-bond acceptors (Lipinski definition) is 6. The van der Waals surface area contributed by atoms with Gasteiger partial charge in [-0.3, -0.25) is 4.99 Å². The number of halogens is 2. The fourth-order valence-corrected chi connectivity index (χ4v) is 4.11. The number of benzene rings is 2. The second kappa shape index (κ2) is 9.00. The first-order valence-corrected chi connectivity index (χ1v) is 10.4. The van der Waals surface area contributed by atoms with Crippen LogP contribution in [0.2, 0.25) is 10.0 Å². The molecule has 0 amide bonds. The van der Waals surface area contributed by atoms with E-state index < -0.39 is 0 Å². The van der Waals surface area contributed by atoms with Crippen LogP contribution in [0, 0.1) is 0 Å². The molecule has 0 radical (unpaired) electrons. The Bertz CT molecular complexity index is 1120. The molecular weight excluding hydrogens is 433 g/mol. The van der Waals surface area contributed by atoms with Crippen molar-refractivity contribution in [3.63, 3.8) is 0 Å². The van der Waals surface area contributed by atoms with Crippen LogP contribution in [0.15, 0.2) is 51.9 Å². The van der Waals surface area contributed by atoms with Gasteiger partial charge in [0.25, 0.3) is 0 Å². The summed E-state index contributed by atoms with van der Waals surface area (Å²) in [5.74, 6) is 1.43. The van der Waals surface area contributed by atoms with E-state index in [4.69, 9.17) is 37.4 Å². The summed E-state index contributed by atoms with van der Waals surface area (Å²) >= 11 is 14.0. The van der Waals surface area contributed by atoms with Crippen molar-refractivity contribution >= 4 is 40.8 Å². The summed E-state index contributed by atoms with van der Waals surface area (Å²) in [5.41, 5.74) is 2.53. The summed E-state index contributed by atoms with van der Waals surface area (Å²) in [4.78, 5) is 5.32. The molecule has 0 N–H and O–H groups in total. The number of rotatable bonds is 6. The molecule has 2 aromatic carbocycles. The highest BCUT2D eigenvalue weighted by atomic mass is 35.5. The zero-order valence-electron chi connectivity index (χ0n) is 15.5. The van der Waals surface area contributed by atoms with Gasteiger partial charge in [0.15, 0.2) is 11.5 Å². The molecule has 1 aromatic heterocycles. The molecule has 2 heterocycles. The van der Waals surface area contributed by atoms with E-state index in [1.54, 1.807) is 30.1 Å². The van der Waals surface area contributed by atoms with E-state index in [2.05, 4.69) is 10.1 Å². The van der Waals surface area contributed by atoms with Crippen LogP contribution in [0.25, 0.3) is 11.3 Å². The van der Waals surface area contributed by atoms with E-state index in [1.807, 2.05) is 29.6 Å². The SMILES string of the molecule is COCCN=c1scc(-c2ccc(Cl)cc2Cl)n1/N=C\c1ccc2c(c1)OCO2. The molecule has 0 saturated heterocycles. The van der Waals surface area contributed by atoms with Crippen LogP contribution in [0.1, 0.15) is 5.56 Å². The Morgan fingerprint density at radius 2 is 2.03 bits per heavy atom. The van der Waals surface area contributed by atoms with Gasteiger partial charge in [-0.05, 0) is 42.0 Å². The molecule has 0 atom stereocenters. The quantitative estimate of drug-likeness (QED) is 0.405. The molecule has 150 valence electrons. The molecule has 3 aromatic rings. The minimum absolute atomic E-state index is 0.233. The van der Waals surface area contributed by atoms with Gasteiger partial charge in [0, 0.05) is 23.1 Å². The van der Waals surface area contributed by atoms with Crippen LogP contribution >= 0.6 is 34.5 Å². The number of thiazole rings is 1. The summed E-state index contributed by atoms with van der Waals surface area (Å²) in [6.07, 6.45) is 1.75. The summed E-state index contributed by atoms with van der Waals surface area (Å²) in [5, 5.41) is 7.76. The Morgan fingerprint density at radius 1 is 1.17 bits per heavy atom. The molecule has 0 saturated carbocycles. The van der Waals surface area contributed by atoms with E-state index in [1.165, 1.54) is 11.3 Å². The van der Waals surface area contributed by atoms with Crippen LogP contribution in [-0.4, -0.2) is 37.9 Å². The van der Waals surface area contributed by atoms with Crippen molar-refractivity contribution in [3.8, 4) is 22.8 Å². The molecule has 1 aliphatic rings. The number of fused-ring (bicyclic) bond motifs is 1. The fourth-order valence-electron chi connectivity index (χ4n) is 2.75. The van der Waals surface area contributed by atoms with Crippen molar-refractivity contribution in [1.29, 1.82) is 0 Å². The molecule has 0 spiro atoms. The zero-order chi connectivity index (χ0) is 20.2. The predicted octanol–water partition coefficient (Wildman–Crippen LogP) is 4.68. The van der Waals surface area contributed by atoms with Crippen molar-refractivity contribution in [2.75, 3.05) is 27.1 Å². The minimum atomic E-state index is 0.233. The second-order valence-corrected chi connectivity index (χ2v) is 7.75. The van der Waals surface area contributed by atoms with Gasteiger partial charge in [0.1, 0.15) is 0 Å². The average Bonchev–Trinajstić information content (AvgIpc) is 3.33. The highest BCUT2D eigenvalue weighted by Gasteiger charge is 2.14. The van der Waals surface area contributed by atoms with Crippen LogP contribution in [-0.2, 0) is 4.74 Å². The maximum atomic E-state index is 6.43. The molecule has 1 aliphatic heterocycles. The van der Waals surface area contributed by atoms with Crippen molar-refractivity contribution in [3.05, 3.63) is 62.2 Å². The summed E-state index contributed by atoms with van der Waals surface area (Å²) < 4.78 is 17.7. The number of nitrogens with zero attached hydrogens (tertiary/aromatic N) is 3. The van der Waals surface area contributed by atoms with Crippen molar-refractivity contribution in [2.24, 2.45) is 10.1 Å². The maximum absolute atomic E-state index is 6.43. The predicted molar refractivity (Wildman–Crippen MR) is 116 cm³/mol. The van der Waals surface area contributed by atoms with Gasteiger partial charge in [-0.2, -0.15) is 5.10 Å². The largest absolute Gasteiger partial charge is 0.454 e. The van der Waals surface area contributed by atoms with Gasteiger partial charge in [-0.1, -0.05) is 23.2 Å². The zero-order valence-corrected chi connectivity index (χ0v) is 17.8. The minimum Gasteiger partial charge on any atom is -0.454 e. The van der Waals surface area contributed by atoms with E-state index >= 15 is 0 Å². The van der Waals surface area contributed by atoms with E-state index in [0.717, 1.165) is 27.4 Å². The Balaban J connectivity index is 1.75. The third-order valence-electron chi connectivity index (χ3n) is 4.15. The Kier molecular flexibility index (Phi) is 6.20. The van der Waals surface area contributed by atoms with Crippen molar-refractivity contribution < 1.29 is 14.2 Å². The van der Waals surface area contributed by atoms with Crippen molar-refractivity contribution in [2.45, 2.75) is 0 Å². The van der Waals surface area contributed by atoms with Crippen LogP contribution in [0.4, 0.5) is 0 Å². The van der Waals surface area contributed by atoms with Gasteiger partial charge in [0.2, 0.25) is 11.6 Å². The first-order valence-electron chi connectivity index (χ1n) is 8.75. The lowest BCUT2D eigenvalue weighted by Crippen LogP contribution is -2.13. The van der Waals surface area contributed by atoms with E-state index in [9.17, 15) is 0 Å². The highest BCUT2D eigenvalue weighted by molar-refractivity contribution is 7.07. The molecule has 0 fully saturated rings. The maximum Gasteiger partial charge on any atom is 0.231 e. The molecule has 29 heavy (non-hydrogen) atoms. The topological polar surface area (TPSA) is 57.3 Å². The lowest BCUT2D eigenvalue weighted by atomic mass is 10.2. The fraction of sp³-hybridized carbons (Fsp3) is 0.200. The molecule has 0 bridgehead atoms. The average molecular weight is 450 g/mol. The standard InChI is InChI=1S/C20H17Cl2N3O3S/c1-26-7-6-23-20-25(17(11-29-20)15-4-3-14(21)9-16(15)22)24-10-13-2-5-18-19(8-13)28-12-27-18/h2-5,8-11H,6-7,12H2,1H3/b23-20?,24-10-. The summed E-state index contributed by atoms with van der Waals surface area (Å²) in [7, 11) is 1.65. The molecule has 6 nitrogen and oxygen atoms in total. The number of methoxy groups -OCH3 is 1. The molecule has 0 unspecified atom stereocenters. The molecule has 4 rings (SSSR count). The number of ether oxygens (including phenoxy) is 3. The lowest BCUT2D eigenvalue weighted by molar-refractivity contribution is 0.174. The highest BCUT2D eigenvalue weighted by Crippen LogP contribution is 2.32. The van der Waals surface area contributed by atoms with Crippen LogP contribution < -0.4 is 14.3 Å². The van der Waals surface area contributed by atoms with E-state index in [-0.39, 0.29) is 6.79 Å². The molecular formula is C20H17Cl2N3O3S. The first kappa shape index (κ1) is 20.0. The van der Waals surface area contributed by atoms with E-state index in [0.29, 0.717) is 28.9 Å². The number of hydrogen-bond donors (Lipinski definition) is 0. The second-order valence-electron chi connectivity index (χ2n) is 6.07. The molecule has 9 heteroatoms. The first-order chi connectivity index (χ1) is 14.2.